The first-order valence-corrected chi connectivity index (χ1v) is 10.3. The number of halogens is 1. The van der Waals surface area contributed by atoms with E-state index in [0.29, 0.717) is 21.9 Å². The highest BCUT2D eigenvalue weighted by molar-refractivity contribution is 6.33. The van der Waals surface area contributed by atoms with Crippen molar-refractivity contribution in [1.82, 2.24) is 5.43 Å². The molecule has 0 radical (unpaired) electrons. The van der Waals surface area contributed by atoms with Gasteiger partial charge in [-0.3, -0.25) is 4.79 Å². The lowest BCUT2D eigenvalue weighted by molar-refractivity contribution is 0.0734. The van der Waals surface area contributed by atoms with Gasteiger partial charge in [0.2, 0.25) is 0 Å². The van der Waals surface area contributed by atoms with Crippen LogP contribution in [-0.2, 0) is 0 Å². The number of benzene rings is 4. The summed E-state index contributed by atoms with van der Waals surface area (Å²) in [6, 6.07) is 25.1. The fourth-order valence-corrected chi connectivity index (χ4v) is 3.50. The van der Waals surface area contributed by atoms with Crippen molar-refractivity contribution in [3.05, 3.63) is 112 Å². The largest absolute Gasteiger partial charge is 0.422 e. The SMILES string of the molecule is Cc1cccc(C(=O)N/N=C\c2c(OC(=O)c3ccccc3Cl)ccc3ccccc23)c1. The van der Waals surface area contributed by atoms with E-state index in [1.54, 1.807) is 42.5 Å². The lowest BCUT2D eigenvalue weighted by atomic mass is 10.0. The highest BCUT2D eigenvalue weighted by Crippen LogP contribution is 2.28. The predicted molar refractivity (Wildman–Crippen MR) is 127 cm³/mol. The standard InChI is InChI=1S/C26H19ClN2O3/c1-17-7-6-9-19(15-17)25(30)29-28-16-22-20-10-3-2-8-18(20)13-14-24(22)32-26(31)21-11-4-5-12-23(21)27/h2-16H,1H3,(H,29,30)/b28-16-. The number of hydrazone groups is 1. The van der Waals surface area contributed by atoms with Crippen molar-refractivity contribution in [1.29, 1.82) is 0 Å². The van der Waals surface area contributed by atoms with E-state index in [0.717, 1.165) is 16.3 Å². The maximum Gasteiger partial charge on any atom is 0.345 e. The van der Waals surface area contributed by atoms with Gasteiger partial charge in [0, 0.05) is 11.1 Å². The summed E-state index contributed by atoms with van der Waals surface area (Å²) in [7, 11) is 0. The summed E-state index contributed by atoms with van der Waals surface area (Å²) in [6.45, 7) is 1.91. The molecule has 32 heavy (non-hydrogen) atoms. The van der Waals surface area contributed by atoms with Gasteiger partial charge >= 0.3 is 5.97 Å². The quantitative estimate of drug-likeness (QED) is 0.184. The van der Waals surface area contributed by atoms with Gasteiger partial charge in [-0.1, -0.05) is 71.8 Å². The Morgan fingerprint density at radius 2 is 1.72 bits per heavy atom. The van der Waals surface area contributed by atoms with Crippen LogP contribution >= 0.6 is 11.6 Å². The van der Waals surface area contributed by atoms with Crippen molar-refractivity contribution in [2.45, 2.75) is 6.92 Å². The molecule has 0 atom stereocenters. The fraction of sp³-hybridized carbons (Fsp3) is 0.0385. The van der Waals surface area contributed by atoms with Crippen molar-refractivity contribution < 1.29 is 14.3 Å². The van der Waals surface area contributed by atoms with Gasteiger partial charge in [0.25, 0.3) is 5.91 Å². The molecule has 4 aromatic rings. The third-order valence-electron chi connectivity index (χ3n) is 4.87. The maximum absolute atomic E-state index is 12.7. The molecule has 1 N–H and O–H groups in total. The second-order valence-electron chi connectivity index (χ2n) is 7.14. The number of carbonyl (C=O) groups is 2. The number of rotatable bonds is 5. The third-order valence-corrected chi connectivity index (χ3v) is 5.20. The molecular formula is C26H19ClN2O3. The zero-order chi connectivity index (χ0) is 22.5. The van der Waals surface area contributed by atoms with Crippen molar-refractivity contribution in [3.8, 4) is 5.75 Å². The lowest BCUT2D eigenvalue weighted by Gasteiger charge is -2.11. The van der Waals surface area contributed by atoms with E-state index < -0.39 is 5.97 Å². The van der Waals surface area contributed by atoms with Gasteiger partial charge in [0.15, 0.2) is 0 Å². The molecule has 0 heterocycles. The summed E-state index contributed by atoms with van der Waals surface area (Å²) in [5, 5.41) is 6.18. The summed E-state index contributed by atoms with van der Waals surface area (Å²) in [6.07, 6.45) is 1.48. The minimum absolute atomic E-state index is 0.262. The number of carbonyl (C=O) groups excluding carboxylic acids is 2. The second kappa shape index (κ2) is 9.45. The normalized spacial score (nSPS) is 10.9. The smallest absolute Gasteiger partial charge is 0.345 e. The van der Waals surface area contributed by atoms with Crippen LogP contribution in [0.1, 0.15) is 31.8 Å². The van der Waals surface area contributed by atoms with Crippen LogP contribution < -0.4 is 10.2 Å². The number of fused-ring (bicyclic) bond motifs is 1. The van der Waals surface area contributed by atoms with Crippen LogP contribution in [0.3, 0.4) is 0 Å². The molecule has 0 aliphatic rings. The summed E-state index contributed by atoms with van der Waals surface area (Å²) in [5.41, 5.74) is 4.84. The van der Waals surface area contributed by atoms with Crippen LogP contribution in [-0.4, -0.2) is 18.1 Å². The van der Waals surface area contributed by atoms with E-state index in [4.69, 9.17) is 16.3 Å². The Labute approximate surface area is 190 Å². The van der Waals surface area contributed by atoms with Crippen LogP contribution in [0, 0.1) is 6.92 Å². The zero-order valence-electron chi connectivity index (χ0n) is 17.2. The molecule has 158 valence electrons. The van der Waals surface area contributed by atoms with Gasteiger partial charge in [-0.25, -0.2) is 10.2 Å². The Bertz CT molecular complexity index is 1350. The Kier molecular flexibility index (Phi) is 6.29. The summed E-state index contributed by atoms with van der Waals surface area (Å²) < 4.78 is 5.65. The summed E-state index contributed by atoms with van der Waals surface area (Å²) >= 11 is 6.13. The molecule has 0 fully saturated rings. The summed E-state index contributed by atoms with van der Waals surface area (Å²) in [4.78, 5) is 25.1. The zero-order valence-corrected chi connectivity index (χ0v) is 18.0. The van der Waals surface area contributed by atoms with E-state index in [1.165, 1.54) is 6.21 Å². The molecule has 0 spiro atoms. The average Bonchev–Trinajstić information content (AvgIpc) is 2.80. The van der Waals surface area contributed by atoms with Crippen LogP contribution in [0.2, 0.25) is 5.02 Å². The Morgan fingerprint density at radius 3 is 2.53 bits per heavy atom. The molecule has 4 rings (SSSR count). The van der Waals surface area contributed by atoms with Crippen molar-refractivity contribution in [2.24, 2.45) is 5.10 Å². The number of hydrogen-bond donors (Lipinski definition) is 1. The van der Waals surface area contributed by atoms with Crippen molar-refractivity contribution in [3.63, 3.8) is 0 Å². The monoisotopic (exact) mass is 442 g/mol. The third kappa shape index (κ3) is 4.68. The number of ether oxygens (including phenoxy) is 1. The average molecular weight is 443 g/mol. The Morgan fingerprint density at radius 1 is 0.938 bits per heavy atom. The minimum Gasteiger partial charge on any atom is -0.422 e. The number of hydrogen-bond acceptors (Lipinski definition) is 4. The van der Waals surface area contributed by atoms with Gasteiger partial charge in [-0.2, -0.15) is 5.10 Å². The molecule has 0 saturated carbocycles. The van der Waals surface area contributed by atoms with Crippen molar-refractivity contribution in [2.75, 3.05) is 0 Å². The van der Waals surface area contributed by atoms with E-state index >= 15 is 0 Å². The molecule has 0 aliphatic carbocycles. The van der Waals surface area contributed by atoms with Gasteiger partial charge in [0.1, 0.15) is 5.75 Å². The topological polar surface area (TPSA) is 67.8 Å². The minimum atomic E-state index is -0.579. The van der Waals surface area contributed by atoms with Gasteiger partial charge in [-0.15, -0.1) is 0 Å². The Balaban J connectivity index is 1.64. The Hall–Kier alpha value is -3.96. The van der Waals surface area contributed by atoms with Crippen LogP contribution in [0.15, 0.2) is 90.0 Å². The first kappa shape index (κ1) is 21.3. The molecule has 1 amide bonds. The van der Waals surface area contributed by atoms with Crippen LogP contribution in [0.25, 0.3) is 10.8 Å². The number of aryl methyl sites for hydroxylation is 1. The van der Waals surface area contributed by atoms with Crippen LogP contribution in [0.4, 0.5) is 0 Å². The number of nitrogens with zero attached hydrogens (tertiary/aromatic N) is 1. The first-order chi connectivity index (χ1) is 15.5. The number of esters is 1. The number of amides is 1. The molecule has 6 heteroatoms. The lowest BCUT2D eigenvalue weighted by Crippen LogP contribution is -2.18. The molecule has 0 saturated heterocycles. The van der Waals surface area contributed by atoms with Gasteiger partial charge < -0.3 is 4.74 Å². The van der Waals surface area contributed by atoms with E-state index in [1.807, 2.05) is 49.4 Å². The highest BCUT2D eigenvalue weighted by atomic mass is 35.5. The molecule has 0 aliphatic heterocycles. The molecular weight excluding hydrogens is 424 g/mol. The molecule has 4 aromatic carbocycles. The predicted octanol–water partition coefficient (Wildman–Crippen LogP) is 5.78. The fourth-order valence-electron chi connectivity index (χ4n) is 3.29. The van der Waals surface area contributed by atoms with Gasteiger partial charge in [-0.05, 0) is 48.0 Å². The molecule has 0 aromatic heterocycles. The molecule has 5 nitrogen and oxygen atoms in total. The second-order valence-corrected chi connectivity index (χ2v) is 7.54. The molecule has 0 unspecified atom stereocenters. The van der Waals surface area contributed by atoms with Gasteiger partial charge in [0.05, 0.1) is 16.8 Å². The van der Waals surface area contributed by atoms with E-state index in [2.05, 4.69) is 10.5 Å². The summed E-state index contributed by atoms with van der Waals surface area (Å²) in [5.74, 6) is -0.605. The highest BCUT2D eigenvalue weighted by Gasteiger charge is 2.16. The first-order valence-electron chi connectivity index (χ1n) is 9.91. The molecule has 0 bridgehead atoms. The van der Waals surface area contributed by atoms with E-state index in [9.17, 15) is 9.59 Å². The van der Waals surface area contributed by atoms with Crippen molar-refractivity contribution >= 4 is 40.5 Å². The maximum atomic E-state index is 12.7. The number of nitrogens with one attached hydrogen (secondary N) is 1. The van der Waals surface area contributed by atoms with E-state index in [-0.39, 0.29) is 11.5 Å². The van der Waals surface area contributed by atoms with Crippen LogP contribution in [0.5, 0.6) is 5.75 Å².